The number of anilines is 1. The number of benzene rings is 3. The first-order chi connectivity index (χ1) is 15.0. The molecule has 0 saturated carbocycles. The number of carbonyl (C=O) groups is 1. The van der Waals surface area contributed by atoms with Gasteiger partial charge in [-0.25, -0.2) is 0 Å². The number of thioether (sulfide) groups is 1. The monoisotopic (exact) mass is 428 g/mol. The molecule has 0 aromatic heterocycles. The number of rotatable bonds is 5. The van der Waals surface area contributed by atoms with Crippen LogP contribution < -0.4 is 4.90 Å². The van der Waals surface area contributed by atoms with E-state index in [0.717, 1.165) is 33.0 Å². The molecule has 154 valence electrons. The van der Waals surface area contributed by atoms with Crippen molar-refractivity contribution in [3.05, 3.63) is 111 Å². The Balaban J connectivity index is 1.81. The molecule has 1 amide bonds. The van der Waals surface area contributed by atoms with Gasteiger partial charge in [0.15, 0.2) is 0 Å². The van der Waals surface area contributed by atoms with Crippen LogP contribution in [0, 0.1) is 17.0 Å². The van der Waals surface area contributed by atoms with Crippen LogP contribution in [0.4, 0.5) is 11.4 Å². The first-order valence-electron chi connectivity index (χ1n) is 9.70. The van der Waals surface area contributed by atoms with Crippen LogP contribution in [0.2, 0.25) is 0 Å². The average Bonchev–Trinajstić information content (AvgIpc) is 3.10. The number of para-hydroxylation sites is 1. The Bertz CT molecular complexity index is 1210. The van der Waals surface area contributed by atoms with Crippen molar-refractivity contribution in [1.82, 2.24) is 0 Å². The quantitative estimate of drug-likeness (QED) is 0.213. The van der Waals surface area contributed by atoms with Gasteiger partial charge in [0.1, 0.15) is 0 Å². The van der Waals surface area contributed by atoms with Gasteiger partial charge in [0, 0.05) is 22.6 Å². The molecule has 0 bridgehead atoms. The lowest BCUT2D eigenvalue weighted by Gasteiger charge is -2.23. The Morgan fingerprint density at radius 1 is 0.968 bits per heavy atom. The average molecular weight is 429 g/mol. The molecular formula is C25H20N2O3S. The highest BCUT2D eigenvalue weighted by atomic mass is 32.2. The van der Waals surface area contributed by atoms with E-state index in [4.69, 9.17) is 0 Å². The highest BCUT2D eigenvalue weighted by molar-refractivity contribution is 7.98. The second-order valence-electron chi connectivity index (χ2n) is 7.16. The number of hydrogen-bond acceptors (Lipinski definition) is 4. The number of aryl methyl sites for hydroxylation is 1. The Hall–Kier alpha value is -3.64. The molecule has 1 heterocycles. The van der Waals surface area contributed by atoms with Crippen LogP contribution in [0.15, 0.2) is 89.3 Å². The van der Waals surface area contributed by atoms with Crippen LogP contribution in [0.3, 0.4) is 0 Å². The Morgan fingerprint density at radius 2 is 1.65 bits per heavy atom. The van der Waals surface area contributed by atoms with Gasteiger partial charge >= 0.3 is 0 Å². The van der Waals surface area contributed by atoms with Crippen LogP contribution in [0.1, 0.15) is 16.7 Å². The van der Waals surface area contributed by atoms with Gasteiger partial charge in [0.05, 0.1) is 16.3 Å². The topological polar surface area (TPSA) is 63.5 Å². The normalized spacial score (nSPS) is 14.8. The third kappa shape index (κ3) is 4.15. The summed E-state index contributed by atoms with van der Waals surface area (Å²) in [6, 6.07) is 22.1. The summed E-state index contributed by atoms with van der Waals surface area (Å²) in [6.45, 7) is 2.03. The molecule has 31 heavy (non-hydrogen) atoms. The summed E-state index contributed by atoms with van der Waals surface area (Å²) in [4.78, 5) is 26.7. The molecular weight excluding hydrogens is 408 g/mol. The number of nitrogens with zero attached hydrogens (tertiary/aromatic N) is 2. The summed E-state index contributed by atoms with van der Waals surface area (Å²) >= 11 is 1.59. The van der Waals surface area contributed by atoms with Crippen molar-refractivity contribution in [3.63, 3.8) is 0 Å². The molecule has 3 aromatic carbocycles. The Kier molecular flexibility index (Phi) is 5.73. The van der Waals surface area contributed by atoms with E-state index in [2.05, 4.69) is 0 Å². The summed E-state index contributed by atoms with van der Waals surface area (Å²) in [6.07, 6.45) is 5.63. The van der Waals surface area contributed by atoms with Gasteiger partial charge < -0.3 is 0 Å². The van der Waals surface area contributed by atoms with Crippen LogP contribution in [-0.2, 0) is 4.79 Å². The van der Waals surface area contributed by atoms with Crippen LogP contribution >= 0.6 is 11.8 Å². The predicted octanol–water partition coefficient (Wildman–Crippen LogP) is 6.10. The molecule has 3 aromatic rings. The maximum atomic E-state index is 13.5. The van der Waals surface area contributed by atoms with Crippen molar-refractivity contribution in [2.24, 2.45) is 0 Å². The minimum atomic E-state index is -0.436. The zero-order valence-corrected chi connectivity index (χ0v) is 17.9. The smallest absolute Gasteiger partial charge is 0.269 e. The first kappa shape index (κ1) is 20.6. The van der Waals surface area contributed by atoms with Crippen molar-refractivity contribution in [2.75, 3.05) is 11.2 Å². The van der Waals surface area contributed by atoms with Gasteiger partial charge in [-0.2, -0.15) is 0 Å². The number of nitro benzene ring substituents is 1. The lowest BCUT2D eigenvalue weighted by molar-refractivity contribution is -0.384. The molecule has 0 N–H and O–H groups in total. The van der Waals surface area contributed by atoms with E-state index in [1.165, 1.54) is 12.1 Å². The maximum Gasteiger partial charge on any atom is 0.269 e. The van der Waals surface area contributed by atoms with Gasteiger partial charge in [0.25, 0.3) is 11.6 Å². The van der Waals surface area contributed by atoms with Crippen LogP contribution in [0.5, 0.6) is 0 Å². The second kappa shape index (κ2) is 8.62. The van der Waals surface area contributed by atoms with Crippen molar-refractivity contribution in [1.29, 1.82) is 0 Å². The molecule has 1 aliphatic rings. The first-order valence-corrected chi connectivity index (χ1v) is 10.9. The third-order valence-corrected chi connectivity index (χ3v) is 5.87. The highest BCUT2D eigenvalue weighted by Gasteiger charge is 2.31. The van der Waals surface area contributed by atoms with Gasteiger partial charge in [-0.15, -0.1) is 11.8 Å². The summed E-state index contributed by atoms with van der Waals surface area (Å²) in [5.74, 6) is -0.129. The fourth-order valence-corrected chi connectivity index (χ4v) is 4.06. The Labute approximate surface area is 184 Å². The predicted molar refractivity (Wildman–Crippen MR) is 126 cm³/mol. The third-order valence-electron chi connectivity index (χ3n) is 5.08. The summed E-state index contributed by atoms with van der Waals surface area (Å²) in [5, 5.41) is 10.9. The summed E-state index contributed by atoms with van der Waals surface area (Å²) < 4.78 is 0. The summed E-state index contributed by atoms with van der Waals surface area (Å²) in [5.41, 5.74) is 5.01. The fraction of sp³-hybridized carbons (Fsp3) is 0.0800. The minimum Gasteiger partial charge on any atom is -0.275 e. The van der Waals surface area contributed by atoms with E-state index in [-0.39, 0.29) is 11.6 Å². The molecule has 6 heteroatoms. The number of amides is 1. The van der Waals surface area contributed by atoms with E-state index in [1.54, 1.807) is 34.9 Å². The molecule has 0 saturated heterocycles. The van der Waals surface area contributed by atoms with E-state index in [1.807, 2.05) is 67.8 Å². The lowest BCUT2D eigenvalue weighted by Crippen LogP contribution is -2.25. The van der Waals surface area contributed by atoms with Crippen molar-refractivity contribution in [3.8, 4) is 0 Å². The number of hydrogen-bond donors (Lipinski definition) is 0. The Morgan fingerprint density at radius 3 is 2.29 bits per heavy atom. The standard InChI is InChI=1S/C25H20N2O3S/c1-17-7-11-19(12-8-17)23-16-20(15-18-9-13-21(14-10-18)27(29)30)25(28)26(23)22-5-3-4-6-24(22)31-2/h3-16H,1-2H3/b20-15+. The number of nitro groups is 1. The molecule has 0 unspecified atom stereocenters. The number of non-ortho nitro benzene ring substituents is 1. The molecule has 0 aliphatic carbocycles. The maximum absolute atomic E-state index is 13.5. The van der Waals surface area contributed by atoms with Crippen molar-refractivity contribution < 1.29 is 9.72 Å². The van der Waals surface area contributed by atoms with Crippen molar-refractivity contribution in [2.45, 2.75) is 11.8 Å². The largest absolute Gasteiger partial charge is 0.275 e. The van der Waals surface area contributed by atoms with E-state index < -0.39 is 4.92 Å². The van der Waals surface area contributed by atoms with Gasteiger partial charge in [-0.3, -0.25) is 19.8 Å². The molecule has 1 aliphatic heterocycles. The van der Waals surface area contributed by atoms with E-state index >= 15 is 0 Å². The van der Waals surface area contributed by atoms with Crippen LogP contribution in [-0.4, -0.2) is 17.1 Å². The fourth-order valence-electron chi connectivity index (χ4n) is 3.48. The molecule has 0 radical (unpaired) electrons. The van der Waals surface area contributed by atoms with Gasteiger partial charge in [-0.1, -0.05) is 42.0 Å². The van der Waals surface area contributed by atoms with E-state index in [9.17, 15) is 14.9 Å². The minimum absolute atomic E-state index is 0.0197. The lowest BCUT2D eigenvalue weighted by atomic mass is 10.1. The summed E-state index contributed by atoms with van der Waals surface area (Å²) in [7, 11) is 0. The molecule has 0 spiro atoms. The SMILES string of the molecule is CSc1ccccc1N1C(=O)/C(=C/c2ccc([N+](=O)[O-])cc2)C=C1c1ccc(C)cc1. The van der Waals surface area contributed by atoms with E-state index in [0.29, 0.717) is 5.57 Å². The highest BCUT2D eigenvalue weighted by Crippen LogP contribution is 2.39. The van der Waals surface area contributed by atoms with Crippen molar-refractivity contribution >= 4 is 40.8 Å². The second-order valence-corrected chi connectivity index (χ2v) is 8.00. The molecule has 5 nitrogen and oxygen atoms in total. The van der Waals surface area contributed by atoms with Gasteiger partial charge in [0.2, 0.25) is 0 Å². The molecule has 0 fully saturated rings. The zero-order valence-electron chi connectivity index (χ0n) is 17.1. The van der Waals surface area contributed by atoms with Crippen LogP contribution in [0.25, 0.3) is 11.8 Å². The number of carbonyl (C=O) groups excluding carboxylic acids is 1. The molecule has 4 rings (SSSR count). The molecule has 0 atom stereocenters. The zero-order chi connectivity index (χ0) is 22.0. The van der Waals surface area contributed by atoms with Gasteiger partial charge in [-0.05, 0) is 60.7 Å².